The third kappa shape index (κ3) is 4.16. The zero-order valence-electron chi connectivity index (χ0n) is 15.7. The van der Waals surface area contributed by atoms with E-state index in [9.17, 15) is 4.79 Å². The van der Waals surface area contributed by atoms with Gasteiger partial charge in [-0.1, -0.05) is 44.2 Å². The average Bonchev–Trinajstić information content (AvgIpc) is 3.14. The van der Waals surface area contributed by atoms with Crippen molar-refractivity contribution >= 4 is 22.4 Å². The Bertz CT molecular complexity index is 936. The van der Waals surface area contributed by atoms with Gasteiger partial charge in [-0.15, -0.1) is 10.2 Å². The van der Waals surface area contributed by atoms with Crippen LogP contribution < -0.4 is 5.32 Å². The lowest BCUT2D eigenvalue weighted by Gasteiger charge is -2.12. The molecule has 3 aromatic rings. The normalized spacial score (nSPS) is 11.6. The Balaban J connectivity index is 1.74. The van der Waals surface area contributed by atoms with Gasteiger partial charge in [0.15, 0.2) is 0 Å². The fourth-order valence-electron chi connectivity index (χ4n) is 2.56. The Hall–Kier alpha value is -2.54. The van der Waals surface area contributed by atoms with E-state index >= 15 is 0 Å². The topological polar surface area (TPSA) is 72.7 Å². The van der Waals surface area contributed by atoms with E-state index in [4.69, 9.17) is 0 Å². The van der Waals surface area contributed by atoms with Crippen LogP contribution >= 0.6 is 11.3 Å². The van der Waals surface area contributed by atoms with Crippen molar-refractivity contribution in [1.82, 2.24) is 20.0 Å². The number of hydrogen-bond donors (Lipinski definition) is 1. The SMILES string of the molecule is Cc1cc(C)n(Cc2cccc(C(=O)Nc3nnc(C(C)(C)C)s3)c2)n1. The number of hydrogen-bond acceptors (Lipinski definition) is 5. The number of aromatic nitrogens is 4. The monoisotopic (exact) mass is 369 g/mol. The standard InChI is InChI=1S/C19H23N5OS/c1-12-9-13(2)24(23-12)11-14-7-6-8-15(10-14)16(25)20-18-22-21-17(26-18)19(3,4)5/h6-10H,11H2,1-5H3,(H,20,22,25). The molecule has 0 unspecified atom stereocenters. The molecular weight excluding hydrogens is 346 g/mol. The number of amides is 1. The maximum atomic E-state index is 12.6. The van der Waals surface area contributed by atoms with Crippen LogP contribution in [-0.4, -0.2) is 25.9 Å². The molecule has 6 nitrogen and oxygen atoms in total. The van der Waals surface area contributed by atoms with E-state index in [1.165, 1.54) is 11.3 Å². The van der Waals surface area contributed by atoms with Gasteiger partial charge in [-0.25, -0.2) is 0 Å². The minimum atomic E-state index is -0.183. The first-order valence-corrected chi connectivity index (χ1v) is 9.29. The molecule has 0 saturated carbocycles. The molecule has 7 heteroatoms. The molecule has 26 heavy (non-hydrogen) atoms. The van der Waals surface area contributed by atoms with Crippen molar-refractivity contribution in [2.24, 2.45) is 0 Å². The van der Waals surface area contributed by atoms with Crippen LogP contribution in [0.25, 0.3) is 0 Å². The second-order valence-electron chi connectivity index (χ2n) is 7.40. The summed E-state index contributed by atoms with van der Waals surface area (Å²) in [6.45, 7) is 10.8. The molecule has 0 atom stereocenters. The van der Waals surface area contributed by atoms with Gasteiger partial charge in [0.05, 0.1) is 12.2 Å². The predicted molar refractivity (Wildman–Crippen MR) is 104 cm³/mol. The van der Waals surface area contributed by atoms with Crippen molar-refractivity contribution in [1.29, 1.82) is 0 Å². The van der Waals surface area contributed by atoms with Gasteiger partial charge in [0.2, 0.25) is 5.13 Å². The van der Waals surface area contributed by atoms with Crippen LogP contribution in [0.15, 0.2) is 30.3 Å². The lowest BCUT2D eigenvalue weighted by molar-refractivity contribution is 0.102. The summed E-state index contributed by atoms with van der Waals surface area (Å²) in [5.41, 5.74) is 3.62. The van der Waals surface area contributed by atoms with E-state index < -0.39 is 0 Å². The number of benzene rings is 1. The highest BCUT2D eigenvalue weighted by Gasteiger charge is 2.20. The molecule has 0 bridgehead atoms. The van der Waals surface area contributed by atoms with Gasteiger partial charge in [-0.3, -0.25) is 14.8 Å². The van der Waals surface area contributed by atoms with Crippen LogP contribution in [0.5, 0.6) is 0 Å². The van der Waals surface area contributed by atoms with Gasteiger partial charge in [0.1, 0.15) is 5.01 Å². The van der Waals surface area contributed by atoms with Crippen molar-refractivity contribution in [3.63, 3.8) is 0 Å². The zero-order valence-corrected chi connectivity index (χ0v) is 16.5. The highest BCUT2D eigenvalue weighted by Crippen LogP contribution is 2.27. The summed E-state index contributed by atoms with van der Waals surface area (Å²) in [6, 6.07) is 9.61. The highest BCUT2D eigenvalue weighted by atomic mass is 32.1. The van der Waals surface area contributed by atoms with E-state index in [-0.39, 0.29) is 11.3 Å². The highest BCUT2D eigenvalue weighted by molar-refractivity contribution is 7.15. The quantitative estimate of drug-likeness (QED) is 0.756. The van der Waals surface area contributed by atoms with Crippen molar-refractivity contribution < 1.29 is 4.79 Å². The lowest BCUT2D eigenvalue weighted by Crippen LogP contribution is -2.12. The minimum Gasteiger partial charge on any atom is -0.296 e. The largest absolute Gasteiger partial charge is 0.296 e. The third-order valence-electron chi connectivity index (χ3n) is 3.91. The van der Waals surface area contributed by atoms with Crippen LogP contribution in [0.4, 0.5) is 5.13 Å². The van der Waals surface area contributed by atoms with Crippen LogP contribution in [0.2, 0.25) is 0 Å². The van der Waals surface area contributed by atoms with E-state index in [1.807, 2.05) is 42.8 Å². The number of carbonyl (C=O) groups is 1. The van der Waals surface area contributed by atoms with Crippen molar-refractivity contribution in [3.05, 3.63) is 57.9 Å². The second-order valence-corrected chi connectivity index (χ2v) is 8.38. The third-order valence-corrected chi connectivity index (χ3v) is 5.18. The Morgan fingerprint density at radius 2 is 1.96 bits per heavy atom. The fourth-order valence-corrected chi connectivity index (χ4v) is 3.36. The summed E-state index contributed by atoms with van der Waals surface area (Å²) in [4.78, 5) is 12.6. The summed E-state index contributed by atoms with van der Waals surface area (Å²) < 4.78 is 1.94. The summed E-state index contributed by atoms with van der Waals surface area (Å²) in [6.07, 6.45) is 0. The first-order valence-electron chi connectivity index (χ1n) is 8.48. The van der Waals surface area contributed by atoms with E-state index in [1.54, 1.807) is 6.07 Å². The minimum absolute atomic E-state index is 0.0830. The molecule has 0 aliphatic rings. The molecule has 1 aromatic carbocycles. The smallest absolute Gasteiger partial charge is 0.257 e. The predicted octanol–water partition coefficient (Wildman–Crippen LogP) is 3.95. The van der Waals surface area contributed by atoms with Gasteiger partial charge < -0.3 is 0 Å². The van der Waals surface area contributed by atoms with E-state index in [0.717, 1.165) is 22.0 Å². The van der Waals surface area contributed by atoms with Crippen LogP contribution in [0.3, 0.4) is 0 Å². The van der Waals surface area contributed by atoms with Gasteiger partial charge in [0, 0.05) is 16.7 Å². The molecule has 0 fully saturated rings. The fraction of sp³-hybridized carbons (Fsp3) is 0.368. The number of aryl methyl sites for hydroxylation is 2. The number of anilines is 1. The van der Waals surface area contributed by atoms with Crippen LogP contribution in [0, 0.1) is 13.8 Å². The van der Waals surface area contributed by atoms with Crippen LogP contribution in [-0.2, 0) is 12.0 Å². The molecule has 2 aromatic heterocycles. The Labute approximate surface area is 157 Å². The number of rotatable bonds is 4. The molecule has 0 saturated heterocycles. The van der Waals surface area contributed by atoms with E-state index in [2.05, 4.69) is 41.4 Å². The molecule has 1 amide bonds. The Morgan fingerprint density at radius 3 is 2.58 bits per heavy atom. The first-order chi connectivity index (χ1) is 12.2. The number of carbonyl (C=O) groups excluding carboxylic acids is 1. The summed E-state index contributed by atoms with van der Waals surface area (Å²) in [7, 11) is 0. The maximum absolute atomic E-state index is 12.6. The van der Waals surface area contributed by atoms with E-state index in [0.29, 0.717) is 17.2 Å². The molecule has 2 heterocycles. The van der Waals surface area contributed by atoms with Crippen molar-refractivity contribution in [2.45, 2.75) is 46.6 Å². The average molecular weight is 369 g/mol. The molecular formula is C19H23N5OS. The molecule has 0 radical (unpaired) electrons. The molecule has 1 N–H and O–H groups in total. The van der Waals surface area contributed by atoms with Gasteiger partial charge in [-0.05, 0) is 37.6 Å². The molecule has 0 aliphatic heterocycles. The van der Waals surface area contributed by atoms with Crippen molar-refractivity contribution in [3.8, 4) is 0 Å². The molecule has 3 rings (SSSR count). The number of nitrogens with zero attached hydrogens (tertiary/aromatic N) is 4. The van der Waals surface area contributed by atoms with Gasteiger partial charge >= 0.3 is 0 Å². The summed E-state index contributed by atoms with van der Waals surface area (Å²) in [5.74, 6) is -0.183. The van der Waals surface area contributed by atoms with Crippen LogP contribution in [0.1, 0.15) is 53.1 Å². The Morgan fingerprint density at radius 1 is 1.19 bits per heavy atom. The Kier molecular flexibility index (Phi) is 4.91. The van der Waals surface area contributed by atoms with Gasteiger partial charge in [-0.2, -0.15) is 5.10 Å². The summed E-state index contributed by atoms with van der Waals surface area (Å²) in [5, 5.41) is 17.0. The second kappa shape index (κ2) is 6.99. The lowest BCUT2D eigenvalue weighted by atomic mass is 9.98. The zero-order chi connectivity index (χ0) is 18.9. The maximum Gasteiger partial charge on any atom is 0.257 e. The molecule has 0 aliphatic carbocycles. The number of nitrogens with one attached hydrogen (secondary N) is 1. The summed E-state index contributed by atoms with van der Waals surface area (Å²) >= 11 is 1.41. The molecule has 0 spiro atoms. The van der Waals surface area contributed by atoms with Crippen molar-refractivity contribution in [2.75, 3.05) is 5.32 Å². The van der Waals surface area contributed by atoms with Gasteiger partial charge in [0.25, 0.3) is 5.91 Å². The first kappa shape index (κ1) is 18.3. The molecule has 136 valence electrons.